The number of hydrogen-bond donors (Lipinski definition) is 4. The number of aliphatic hydroxyl groups excluding tert-OH is 4. The van der Waals surface area contributed by atoms with Crippen LogP contribution in [0.3, 0.4) is 0 Å². The molecule has 4 N–H and O–H groups in total. The van der Waals surface area contributed by atoms with E-state index in [4.69, 9.17) is 2.74 Å². The Morgan fingerprint density at radius 1 is 0.938 bits per heavy atom. The van der Waals surface area contributed by atoms with E-state index < -0.39 is 50.5 Å². The van der Waals surface area contributed by atoms with E-state index in [0.29, 0.717) is 0 Å². The maximum Gasteiger partial charge on any atom is 0.337 e. The second kappa shape index (κ2) is 6.38. The zero-order chi connectivity index (χ0) is 14.3. The van der Waals surface area contributed by atoms with Crippen molar-refractivity contribution in [2.24, 2.45) is 0 Å². The Hall–Kier alpha value is -1.22. The van der Waals surface area contributed by atoms with Crippen molar-refractivity contribution in [2.75, 3.05) is 14.2 Å². The third-order valence-corrected chi connectivity index (χ3v) is 1.76. The van der Waals surface area contributed by atoms with E-state index in [1.165, 1.54) is 0 Å². The number of methoxy groups -OCH3 is 2. The molecule has 0 saturated carbocycles. The molecule has 94 valence electrons. The summed E-state index contributed by atoms with van der Waals surface area (Å²) in [6, 6.07) is 0. The molecule has 0 unspecified atom stereocenters. The number of rotatable bonds is 5. The van der Waals surface area contributed by atoms with Gasteiger partial charge >= 0.3 is 11.9 Å². The number of carbonyl (C=O) groups is 2. The summed E-state index contributed by atoms with van der Waals surface area (Å²) in [5.74, 6) is -2.78. The van der Waals surface area contributed by atoms with Gasteiger partial charge in [-0.2, -0.15) is 0 Å². The summed E-state index contributed by atoms with van der Waals surface area (Å²) >= 11 is 0. The van der Waals surface area contributed by atoms with Crippen LogP contribution in [-0.2, 0) is 19.1 Å². The quantitative estimate of drug-likeness (QED) is 0.369. The minimum atomic E-state index is -2.23. The first-order chi connectivity index (χ1) is 8.36. The van der Waals surface area contributed by atoms with Crippen LogP contribution in [0.5, 0.6) is 0 Å². The maximum absolute atomic E-state index is 10.9. The number of hydrogen-bond acceptors (Lipinski definition) is 8. The highest BCUT2D eigenvalue weighted by Crippen LogP contribution is 2.07. The largest absolute Gasteiger partial charge is 0.467 e. The standard InChI is InChI=1S/C8H14O8/c1-15-7(13)5(11)3(9)4(10)6(12)8(14)16-2/h3-6,9-12H,1-2H3/t3-,4-,5-,6+/m0/s1/i1D,2D. The molecule has 8 nitrogen and oxygen atoms in total. The van der Waals surface area contributed by atoms with Crippen molar-refractivity contribution < 1.29 is 42.2 Å². The molecule has 0 spiro atoms. The summed E-state index contributed by atoms with van der Waals surface area (Å²) in [4.78, 5) is 21.8. The Balaban J connectivity index is 4.52. The van der Waals surface area contributed by atoms with Gasteiger partial charge in [0.25, 0.3) is 0 Å². The van der Waals surface area contributed by atoms with E-state index in [0.717, 1.165) is 0 Å². The van der Waals surface area contributed by atoms with Gasteiger partial charge in [-0.25, -0.2) is 9.59 Å². The van der Waals surface area contributed by atoms with Gasteiger partial charge in [0.1, 0.15) is 12.2 Å². The summed E-state index contributed by atoms with van der Waals surface area (Å²) in [6.45, 7) is 0. The van der Waals surface area contributed by atoms with Crippen molar-refractivity contribution in [3.8, 4) is 0 Å². The SMILES string of the molecule is [2H]COC(=O)[C@@H](O)[C@@H](O)[C@H](O)[C@@H](O)C(=O)OC[2H]. The zero-order valence-electron chi connectivity index (χ0n) is 10.1. The van der Waals surface area contributed by atoms with Crippen LogP contribution in [0.25, 0.3) is 0 Å². The lowest BCUT2D eigenvalue weighted by Gasteiger charge is -2.23. The lowest BCUT2D eigenvalue weighted by molar-refractivity contribution is -0.176. The van der Waals surface area contributed by atoms with Crippen LogP contribution >= 0.6 is 0 Å². The van der Waals surface area contributed by atoms with Crippen molar-refractivity contribution in [1.29, 1.82) is 0 Å². The van der Waals surface area contributed by atoms with E-state index in [9.17, 15) is 30.0 Å². The second-order valence-electron chi connectivity index (χ2n) is 2.80. The first-order valence-electron chi connectivity index (χ1n) is 5.42. The average molecular weight is 240 g/mol. The molecule has 8 heteroatoms. The Morgan fingerprint density at radius 3 is 1.50 bits per heavy atom. The molecule has 0 aliphatic carbocycles. The van der Waals surface area contributed by atoms with Gasteiger partial charge in [-0.15, -0.1) is 0 Å². The van der Waals surface area contributed by atoms with Crippen LogP contribution in [0.2, 0.25) is 0 Å². The fourth-order valence-corrected chi connectivity index (χ4v) is 0.823. The summed E-state index contributed by atoms with van der Waals surface area (Å²) < 4.78 is 21.2. The van der Waals surface area contributed by atoms with Crippen LogP contribution in [0, 0.1) is 0 Å². The van der Waals surface area contributed by atoms with E-state index in [-0.39, 0.29) is 0 Å². The molecule has 4 atom stereocenters. The topological polar surface area (TPSA) is 134 Å². The molecule has 0 bridgehead atoms. The molecule has 0 saturated heterocycles. The fourth-order valence-electron chi connectivity index (χ4n) is 0.823. The Labute approximate surface area is 93.8 Å². The number of ether oxygens (including phenoxy) is 2. The molecule has 0 rings (SSSR count). The van der Waals surface area contributed by atoms with Crippen LogP contribution in [-0.4, -0.2) is 71.0 Å². The van der Waals surface area contributed by atoms with E-state index >= 15 is 0 Å². The van der Waals surface area contributed by atoms with E-state index in [2.05, 4.69) is 9.47 Å². The lowest BCUT2D eigenvalue weighted by atomic mass is 10.0. The highest BCUT2D eigenvalue weighted by atomic mass is 16.5. The first-order valence-corrected chi connectivity index (χ1v) is 4.00. The second-order valence-corrected chi connectivity index (χ2v) is 2.80. The minimum absolute atomic E-state index is 0.803. The molecule has 0 amide bonds. The predicted molar refractivity (Wildman–Crippen MR) is 48.1 cm³/mol. The monoisotopic (exact) mass is 240 g/mol. The van der Waals surface area contributed by atoms with Crippen molar-refractivity contribution in [2.45, 2.75) is 24.4 Å². The van der Waals surface area contributed by atoms with Gasteiger partial charge in [-0.3, -0.25) is 0 Å². The summed E-state index contributed by atoms with van der Waals surface area (Å²) in [7, 11) is -1.61. The van der Waals surface area contributed by atoms with Crippen LogP contribution in [0.4, 0.5) is 0 Å². The van der Waals surface area contributed by atoms with Crippen molar-refractivity contribution >= 4 is 11.9 Å². The molecular formula is C8H14O8. The van der Waals surface area contributed by atoms with Gasteiger partial charge in [0, 0.05) is 0 Å². The van der Waals surface area contributed by atoms with Crippen LogP contribution in [0.15, 0.2) is 0 Å². The van der Waals surface area contributed by atoms with Gasteiger partial charge in [-0.1, -0.05) is 0 Å². The maximum atomic E-state index is 10.9. The van der Waals surface area contributed by atoms with Gasteiger partial charge < -0.3 is 29.9 Å². The molecule has 0 heterocycles. The number of esters is 2. The van der Waals surface area contributed by atoms with Gasteiger partial charge in [-0.05, 0) is 0 Å². The zero-order valence-corrected chi connectivity index (χ0v) is 8.15. The highest BCUT2D eigenvalue weighted by Gasteiger charge is 2.38. The molecule has 16 heavy (non-hydrogen) atoms. The Morgan fingerprint density at radius 2 is 1.25 bits per heavy atom. The van der Waals surface area contributed by atoms with Crippen molar-refractivity contribution in [1.82, 2.24) is 0 Å². The third-order valence-electron chi connectivity index (χ3n) is 1.76. The summed E-state index contributed by atoms with van der Waals surface area (Å²) in [5, 5.41) is 36.9. The van der Waals surface area contributed by atoms with E-state index in [1.54, 1.807) is 0 Å². The average Bonchev–Trinajstić information content (AvgIpc) is 2.35. The van der Waals surface area contributed by atoms with Crippen LogP contribution < -0.4 is 0 Å². The van der Waals surface area contributed by atoms with Crippen LogP contribution in [0.1, 0.15) is 2.74 Å². The van der Waals surface area contributed by atoms with Gasteiger partial charge in [0.05, 0.1) is 16.9 Å². The Kier molecular flexibility index (Phi) is 4.50. The smallest absolute Gasteiger partial charge is 0.337 e. The molecule has 0 radical (unpaired) electrons. The predicted octanol–water partition coefficient (Wildman–Crippen LogP) is -3.22. The minimum Gasteiger partial charge on any atom is -0.467 e. The molecule has 0 aromatic rings. The fraction of sp³-hybridized carbons (Fsp3) is 0.750. The highest BCUT2D eigenvalue weighted by molar-refractivity contribution is 5.77. The number of carbonyl (C=O) groups excluding carboxylic acids is 2. The van der Waals surface area contributed by atoms with Crippen molar-refractivity contribution in [3.63, 3.8) is 0 Å². The molecule has 0 aromatic carbocycles. The van der Waals surface area contributed by atoms with Gasteiger partial charge in [0.15, 0.2) is 12.2 Å². The van der Waals surface area contributed by atoms with Gasteiger partial charge in [0.2, 0.25) is 0 Å². The summed E-state index contributed by atoms with van der Waals surface area (Å²) in [6.07, 6.45) is -8.89. The summed E-state index contributed by atoms with van der Waals surface area (Å²) in [5.41, 5.74) is 0. The first kappa shape index (κ1) is 11.3. The molecule has 0 aliphatic rings. The normalized spacial score (nSPS) is 19.8. The van der Waals surface area contributed by atoms with E-state index in [1.807, 2.05) is 0 Å². The molecule has 0 fully saturated rings. The number of aliphatic hydroxyl groups is 4. The molecular weight excluding hydrogens is 224 g/mol. The third kappa shape index (κ3) is 3.42. The molecule has 0 aliphatic heterocycles. The Bertz CT molecular complexity index is 258. The molecule has 0 aromatic heterocycles. The lowest BCUT2D eigenvalue weighted by Crippen LogP contribution is -2.50. The van der Waals surface area contributed by atoms with Crippen molar-refractivity contribution in [3.05, 3.63) is 0 Å².